The van der Waals surface area contributed by atoms with Crippen LogP contribution in [0.15, 0.2) is 79.0 Å². The van der Waals surface area contributed by atoms with Crippen molar-refractivity contribution in [3.8, 4) is 5.75 Å². The van der Waals surface area contributed by atoms with E-state index in [2.05, 4.69) is 33.9 Å². The predicted molar refractivity (Wildman–Crippen MR) is 138 cm³/mol. The molecule has 1 aliphatic heterocycles. The Labute approximate surface area is 205 Å². The molecule has 1 aliphatic rings. The van der Waals surface area contributed by atoms with E-state index in [1.165, 1.54) is 6.07 Å². The van der Waals surface area contributed by atoms with E-state index in [1.807, 2.05) is 48.3 Å². The van der Waals surface area contributed by atoms with Crippen molar-refractivity contribution in [2.24, 2.45) is 7.05 Å². The van der Waals surface area contributed by atoms with Crippen molar-refractivity contribution in [2.45, 2.75) is 12.3 Å². The Morgan fingerprint density at radius 2 is 1.71 bits per heavy atom. The molecule has 5 rings (SSSR count). The maximum absolute atomic E-state index is 14.2. The Hall–Kier alpha value is -3.80. The molecule has 4 aromatic rings. The van der Waals surface area contributed by atoms with Gasteiger partial charge in [0.15, 0.2) is 0 Å². The van der Waals surface area contributed by atoms with Crippen molar-refractivity contribution < 1.29 is 13.9 Å². The SMILES string of the molecule is COc1ccccc1N1CCN(C(=O)C[C@@H](c2cccc(F)c2)c2cn(C)c3ccccc23)CC1. The molecule has 0 aliphatic carbocycles. The normalized spacial score (nSPS) is 14.8. The molecule has 1 amide bonds. The second kappa shape index (κ2) is 9.82. The molecule has 3 aromatic carbocycles. The first kappa shape index (κ1) is 23.0. The highest BCUT2D eigenvalue weighted by atomic mass is 19.1. The summed E-state index contributed by atoms with van der Waals surface area (Å²) in [6, 6.07) is 22.8. The molecule has 35 heavy (non-hydrogen) atoms. The van der Waals surface area contributed by atoms with Crippen molar-refractivity contribution in [3.63, 3.8) is 0 Å². The van der Waals surface area contributed by atoms with Gasteiger partial charge in [-0.25, -0.2) is 4.39 Å². The molecule has 0 spiro atoms. The maximum Gasteiger partial charge on any atom is 0.223 e. The number of rotatable bonds is 6. The molecule has 180 valence electrons. The van der Waals surface area contributed by atoms with E-state index in [9.17, 15) is 9.18 Å². The van der Waals surface area contributed by atoms with Gasteiger partial charge >= 0.3 is 0 Å². The molecular weight excluding hydrogens is 441 g/mol. The number of para-hydroxylation sites is 3. The fourth-order valence-electron chi connectivity index (χ4n) is 5.17. The van der Waals surface area contributed by atoms with Gasteiger partial charge in [0, 0.05) is 62.7 Å². The van der Waals surface area contributed by atoms with Crippen LogP contribution in [-0.2, 0) is 11.8 Å². The van der Waals surface area contributed by atoms with Gasteiger partial charge in [0.1, 0.15) is 11.6 Å². The number of methoxy groups -OCH3 is 1. The van der Waals surface area contributed by atoms with Crippen LogP contribution in [-0.4, -0.2) is 48.7 Å². The number of anilines is 1. The zero-order chi connectivity index (χ0) is 24.4. The number of aryl methyl sites for hydroxylation is 1. The van der Waals surface area contributed by atoms with E-state index < -0.39 is 0 Å². The van der Waals surface area contributed by atoms with Crippen molar-refractivity contribution in [1.29, 1.82) is 0 Å². The second-order valence-corrected chi connectivity index (χ2v) is 9.06. The minimum absolute atomic E-state index is 0.0897. The van der Waals surface area contributed by atoms with Crippen LogP contribution in [0.4, 0.5) is 10.1 Å². The number of nitrogens with zero attached hydrogens (tertiary/aromatic N) is 3. The third-order valence-electron chi connectivity index (χ3n) is 6.99. The standard InChI is InChI=1S/C29H30FN3O2/c1-31-20-25(23-10-3-4-11-26(23)31)24(21-8-7-9-22(30)18-21)19-29(34)33-16-14-32(15-17-33)27-12-5-6-13-28(27)35-2/h3-13,18,20,24H,14-17,19H2,1-2H3/t24-/m0/s1. The average Bonchev–Trinajstić information content (AvgIpc) is 3.23. The lowest BCUT2D eigenvalue weighted by Crippen LogP contribution is -2.49. The van der Waals surface area contributed by atoms with E-state index in [1.54, 1.807) is 19.2 Å². The smallest absolute Gasteiger partial charge is 0.223 e. The number of amides is 1. The number of carbonyl (C=O) groups is 1. The second-order valence-electron chi connectivity index (χ2n) is 9.06. The molecule has 5 nitrogen and oxygen atoms in total. The molecule has 0 bridgehead atoms. The molecule has 1 saturated heterocycles. The lowest BCUT2D eigenvalue weighted by molar-refractivity contribution is -0.131. The number of benzene rings is 3. The van der Waals surface area contributed by atoms with Crippen LogP contribution < -0.4 is 9.64 Å². The maximum atomic E-state index is 14.2. The van der Waals surface area contributed by atoms with E-state index >= 15 is 0 Å². The Bertz CT molecular complexity index is 1340. The molecular formula is C29H30FN3O2. The first-order chi connectivity index (χ1) is 17.0. The lowest BCUT2D eigenvalue weighted by Gasteiger charge is -2.37. The van der Waals surface area contributed by atoms with Crippen molar-refractivity contribution >= 4 is 22.5 Å². The Balaban J connectivity index is 1.38. The lowest BCUT2D eigenvalue weighted by atomic mass is 9.87. The van der Waals surface area contributed by atoms with Crippen LogP contribution in [0.5, 0.6) is 5.75 Å². The summed E-state index contributed by atoms with van der Waals surface area (Å²) < 4.78 is 21.8. The number of aromatic nitrogens is 1. The topological polar surface area (TPSA) is 37.7 Å². The van der Waals surface area contributed by atoms with Gasteiger partial charge in [0.2, 0.25) is 5.91 Å². The molecule has 0 unspecified atom stereocenters. The van der Waals surface area contributed by atoms with E-state index in [0.29, 0.717) is 19.5 Å². The monoisotopic (exact) mass is 471 g/mol. The van der Waals surface area contributed by atoms with Gasteiger partial charge in [0.05, 0.1) is 12.8 Å². The summed E-state index contributed by atoms with van der Waals surface area (Å²) in [7, 11) is 3.69. The van der Waals surface area contributed by atoms with Gasteiger partial charge in [0.25, 0.3) is 0 Å². The summed E-state index contributed by atoms with van der Waals surface area (Å²) in [4.78, 5) is 17.7. The number of carbonyl (C=O) groups excluding carboxylic acids is 1. The average molecular weight is 472 g/mol. The van der Waals surface area contributed by atoms with Crippen molar-refractivity contribution in [1.82, 2.24) is 9.47 Å². The molecule has 0 N–H and O–H groups in total. The minimum Gasteiger partial charge on any atom is -0.495 e. The third-order valence-corrected chi connectivity index (χ3v) is 6.99. The molecule has 0 saturated carbocycles. The zero-order valence-electron chi connectivity index (χ0n) is 20.2. The van der Waals surface area contributed by atoms with Crippen LogP contribution in [0.1, 0.15) is 23.5 Å². The zero-order valence-corrected chi connectivity index (χ0v) is 20.2. The van der Waals surface area contributed by atoms with E-state index in [-0.39, 0.29) is 17.6 Å². The van der Waals surface area contributed by atoms with Gasteiger partial charge in [-0.3, -0.25) is 4.79 Å². The van der Waals surface area contributed by atoms with Gasteiger partial charge in [-0.1, -0.05) is 42.5 Å². The highest BCUT2D eigenvalue weighted by molar-refractivity contribution is 5.86. The van der Waals surface area contributed by atoms with Gasteiger partial charge in [-0.05, 0) is 41.5 Å². The van der Waals surface area contributed by atoms with Gasteiger partial charge in [-0.15, -0.1) is 0 Å². The molecule has 1 atom stereocenters. The van der Waals surface area contributed by atoms with Gasteiger partial charge < -0.3 is 19.1 Å². The number of hydrogen-bond donors (Lipinski definition) is 0. The first-order valence-electron chi connectivity index (χ1n) is 12.0. The van der Waals surface area contributed by atoms with Crippen LogP contribution in [0.2, 0.25) is 0 Å². The van der Waals surface area contributed by atoms with Gasteiger partial charge in [-0.2, -0.15) is 0 Å². The highest BCUT2D eigenvalue weighted by Crippen LogP contribution is 2.35. The Kier molecular flexibility index (Phi) is 6.45. The largest absolute Gasteiger partial charge is 0.495 e. The summed E-state index contributed by atoms with van der Waals surface area (Å²) in [6.45, 7) is 2.76. The third kappa shape index (κ3) is 4.61. The Morgan fingerprint density at radius 3 is 2.49 bits per heavy atom. The van der Waals surface area contributed by atoms with E-state index in [4.69, 9.17) is 4.74 Å². The number of fused-ring (bicyclic) bond motifs is 1. The molecule has 2 heterocycles. The van der Waals surface area contributed by atoms with Crippen molar-refractivity contribution in [2.75, 3.05) is 38.2 Å². The summed E-state index contributed by atoms with van der Waals surface area (Å²) in [5, 5.41) is 1.10. The van der Waals surface area contributed by atoms with Crippen molar-refractivity contribution in [3.05, 3.63) is 95.9 Å². The molecule has 1 aromatic heterocycles. The number of ether oxygens (including phenoxy) is 1. The fraction of sp³-hybridized carbons (Fsp3) is 0.276. The van der Waals surface area contributed by atoms with Crippen LogP contribution in [0, 0.1) is 5.82 Å². The summed E-state index contributed by atoms with van der Waals surface area (Å²) in [5.74, 6) is 0.420. The van der Waals surface area contributed by atoms with Crippen LogP contribution >= 0.6 is 0 Å². The number of halogens is 1. The number of piperazine rings is 1. The summed E-state index contributed by atoms with van der Waals surface area (Å²) >= 11 is 0. The van der Waals surface area contributed by atoms with Crippen LogP contribution in [0.3, 0.4) is 0 Å². The summed E-state index contributed by atoms with van der Waals surface area (Å²) in [6.07, 6.45) is 2.37. The minimum atomic E-state index is -0.286. The first-order valence-corrected chi connectivity index (χ1v) is 12.0. The quantitative estimate of drug-likeness (QED) is 0.388. The predicted octanol–water partition coefficient (Wildman–Crippen LogP) is 5.20. The fourth-order valence-corrected chi connectivity index (χ4v) is 5.17. The van der Waals surface area contributed by atoms with E-state index in [0.717, 1.165) is 46.6 Å². The van der Waals surface area contributed by atoms with Crippen LogP contribution in [0.25, 0.3) is 10.9 Å². The summed E-state index contributed by atoms with van der Waals surface area (Å²) in [5.41, 5.74) is 4.02. The molecule has 0 radical (unpaired) electrons. The molecule has 6 heteroatoms. The molecule has 1 fully saturated rings. The highest BCUT2D eigenvalue weighted by Gasteiger charge is 2.28. The number of hydrogen-bond acceptors (Lipinski definition) is 3. The Morgan fingerprint density at radius 1 is 0.971 bits per heavy atom.